The molecule has 0 rings (SSSR count). The van der Waals surface area contributed by atoms with Gasteiger partial charge in [-0.15, -0.1) is 0 Å². The Kier molecular flexibility index (Phi) is 200. The molecule has 0 aliphatic rings. The molecule has 0 aliphatic heterocycles. The average molecular weight is 102 g/mol. The van der Waals surface area contributed by atoms with Gasteiger partial charge in [0.15, 0.2) is 0 Å². The third-order valence-electron chi connectivity index (χ3n) is 0. The summed E-state index contributed by atoms with van der Waals surface area (Å²) < 4.78 is 0. The van der Waals surface area contributed by atoms with Gasteiger partial charge in [0.05, 0.1) is 0 Å². The van der Waals surface area contributed by atoms with Crippen molar-refractivity contribution in [3.05, 3.63) is 0 Å². The van der Waals surface area contributed by atoms with E-state index in [0.29, 0.717) is 0 Å². The van der Waals surface area contributed by atoms with Crippen molar-refractivity contribution < 1.29 is 10.2 Å². The fourth-order valence-electron chi connectivity index (χ4n) is 0. The van der Waals surface area contributed by atoms with Gasteiger partial charge >= 0.3 is 60.8 Å². The fraction of sp³-hybridized carbons (Fsp3) is 0. The van der Waals surface area contributed by atoms with Crippen molar-refractivity contribution in [2.45, 2.75) is 0 Å². The molecule has 0 spiro atoms. The van der Waals surface area contributed by atoms with Crippen molar-refractivity contribution in [3.8, 4) is 0 Å². The number of rotatable bonds is 0. The third-order valence-corrected chi connectivity index (χ3v) is 0. The SMILES string of the molecule is [Ca+2].[F-].[MgH2].[OH-]. The Balaban J connectivity index is 0. The molecular formula is H3CaFMgO. The molecule has 1 nitrogen and oxygen atoms in total. The Bertz CT molecular complexity index is 8.00. The summed E-state index contributed by atoms with van der Waals surface area (Å²) in [5.74, 6) is 0. The van der Waals surface area contributed by atoms with E-state index in [1.54, 1.807) is 0 Å². The molecule has 0 saturated heterocycles. The number of hydrogen-bond acceptors (Lipinski definition) is 1. The van der Waals surface area contributed by atoms with Gasteiger partial charge in [0, 0.05) is 0 Å². The minimum atomic E-state index is 0. The first-order chi connectivity index (χ1) is 0. The van der Waals surface area contributed by atoms with E-state index in [1.165, 1.54) is 0 Å². The first kappa shape index (κ1) is 38.9. The van der Waals surface area contributed by atoms with Gasteiger partial charge in [-0.3, -0.25) is 0 Å². The molecular weight excluding hydrogens is 99.4 g/mol. The van der Waals surface area contributed by atoms with E-state index in [0.717, 1.165) is 0 Å². The summed E-state index contributed by atoms with van der Waals surface area (Å²) in [5, 5.41) is 0. The number of hydrogen-bond donors (Lipinski definition) is 0. The molecule has 4 heavy (non-hydrogen) atoms. The largest absolute Gasteiger partial charge is 2.00 e. The summed E-state index contributed by atoms with van der Waals surface area (Å²) in [5.41, 5.74) is 0. The van der Waals surface area contributed by atoms with E-state index >= 15 is 0 Å². The summed E-state index contributed by atoms with van der Waals surface area (Å²) in [6.45, 7) is 0. The molecule has 0 saturated carbocycles. The maximum Gasteiger partial charge on any atom is 2.00 e. The van der Waals surface area contributed by atoms with Crippen LogP contribution in [-0.4, -0.2) is 66.3 Å². The van der Waals surface area contributed by atoms with E-state index < -0.39 is 0 Å². The normalized spacial score (nSPS) is 0. The molecule has 20 valence electrons. The van der Waals surface area contributed by atoms with Crippen LogP contribution < -0.4 is 4.70 Å². The minimum absolute atomic E-state index is 0. The second-order valence-electron chi connectivity index (χ2n) is 0. The molecule has 0 fully saturated rings. The topological polar surface area (TPSA) is 30.0 Å². The van der Waals surface area contributed by atoms with Crippen LogP contribution in [0.2, 0.25) is 0 Å². The Morgan fingerprint density at radius 2 is 1.00 bits per heavy atom. The van der Waals surface area contributed by atoms with Crippen LogP contribution in [0.3, 0.4) is 0 Å². The van der Waals surface area contributed by atoms with Crippen molar-refractivity contribution in [2.75, 3.05) is 0 Å². The van der Waals surface area contributed by atoms with Gasteiger partial charge < -0.3 is 10.2 Å². The van der Waals surface area contributed by atoms with Crippen molar-refractivity contribution in [1.82, 2.24) is 0 Å². The van der Waals surface area contributed by atoms with Crippen LogP contribution in [-0.2, 0) is 0 Å². The molecule has 1 N–H and O–H groups in total. The summed E-state index contributed by atoms with van der Waals surface area (Å²) in [6.07, 6.45) is 0. The number of halogens is 1. The Morgan fingerprint density at radius 3 is 1.00 bits per heavy atom. The van der Waals surface area contributed by atoms with Crippen LogP contribution in [0.5, 0.6) is 0 Å². The predicted octanol–water partition coefficient (Wildman–Crippen LogP) is -4.47. The van der Waals surface area contributed by atoms with Gasteiger partial charge in [0.1, 0.15) is 0 Å². The van der Waals surface area contributed by atoms with Gasteiger partial charge in [-0.05, 0) is 0 Å². The Hall–Kier alpha value is 1.92. The van der Waals surface area contributed by atoms with Crippen LogP contribution >= 0.6 is 0 Å². The molecule has 0 aromatic heterocycles. The molecule has 0 unspecified atom stereocenters. The predicted molar refractivity (Wildman–Crippen MR) is 16.2 cm³/mol. The van der Waals surface area contributed by atoms with Crippen LogP contribution in [0.4, 0.5) is 0 Å². The van der Waals surface area contributed by atoms with E-state index in [4.69, 9.17) is 0 Å². The molecule has 0 heterocycles. The van der Waals surface area contributed by atoms with Crippen LogP contribution in [0.25, 0.3) is 0 Å². The van der Waals surface area contributed by atoms with Crippen LogP contribution in [0.15, 0.2) is 0 Å². The van der Waals surface area contributed by atoms with E-state index in [9.17, 15) is 0 Å². The standard InChI is InChI=1S/Ca.FH.Mg.H2O.2H/h;1H;;1H2;;/q+2;;;;;/p-2. The first-order valence-corrected chi connectivity index (χ1v) is 0. The minimum Gasteiger partial charge on any atom is -1.00 e. The van der Waals surface area contributed by atoms with Gasteiger partial charge in [0.2, 0.25) is 0 Å². The quantitative estimate of drug-likeness (QED) is 0.284. The maximum atomic E-state index is 0. The molecule has 4 heteroatoms. The monoisotopic (exact) mass is 102 g/mol. The zero-order valence-electron chi connectivity index (χ0n) is 1.53. The van der Waals surface area contributed by atoms with Crippen molar-refractivity contribution in [3.63, 3.8) is 0 Å². The van der Waals surface area contributed by atoms with Gasteiger partial charge in [-0.1, -0.05) is 0 Å². The van der Waals surface area contributed by atoms with Crippen LogP contribution in [0.1, 0.15) is 0 Å². The average Bonchev–Trinajstić information content (AvgIpc) is 0. The zero-order chi connectivity index (χ0) is 0. The van der Waals surface area contributed by atoms with Crippen molar-refractivity contribution >= 4 is 60.8 Å². The summed E-state index contributed by atoms with van der Waals surface area (Å²) in [6, 6.07) is 0. The maximum absolute atomic E-state index is 0. The molecule has 0 aliphatic carbocycles. The molecule has 0 bridgehead atoms. The summed E-state index contributed by atoms with van der Waals surface area (Å²) >= 11 is 0. The van der Waals surface area contributed by atoms with Gasteiger partial charge in [0.25, 0.3) is 0 Å². The summed E-state index contributed by atoms with van der Waals surface area (Å²) in [4.78, 5) is 0. The van der Waals surface area contributed by atoms with Crippen molar-refractivity contribution in [2.24, 2.45) is 0 Å². The Labute approximate surface area is 70.0 Å². The van der Waals surface area contributed by atoms with E-state index in [1.807, 2.05) is 0 Å². The van der Waals surface area contributed by atoms with Crippen molar-refractivity contribution in [1.29, 1.82) is 0 Å². The molecule has 0 aromatic rings. The van der Waals surface area contributed by atoms with E-state index in [-0.39, 0.29) is 71.0 Å². The zero-order valence-corrected chi connectivity index (χ0v) is 3.74. The molecule has 0 atom stereocenters. The van der Waals surface area contributed by atoms with E-state index in [2.05, 4.69) is 0 Å². The van der Waals surface area contributed by atoms with Crippen LogP contribution in [0, 0.1) is 0 Å². The summed E-state index contributed by atoms with van der Waals surface area (Å²) in [7, 11) is 0. The molecule has 0 aromatic carbocycles. The Morgan fingerprint density at radius 1 is 1.00 bits per heavy atom. The molecule has 0 radical (unpaired) electrons. The smallest absolute Gasteiger partial charge is 1.00 e. The fourth-order valence-corrected chi connectivity index (χ4v) is 0. The second-order valence-corrected chi connectivity index (χ2v) is 0. The first-order valence-electron chi connectivity index (χ1n) is 0. The second kappa shape index (κ2) is 20.5. The molecule has 0 amide bonds. The third kappa shape index (κ3) is 9.07. The van der Waals surface area contributed by atoms with Gasteiger partial charge in [-0.25, -0.2) is 0 Å². The van der Waals surface area contributed by atoms with Gasteiger partial charge in [-0.2, -0.15) is 0 Å².